The molecule has 3 aromatic heterocycles. The van der Waals surface area contributed by atoms with Crippen LogP contribution in [-0.2, 0) is 0 Å². The molecule has 0 amide bonds. The van der Waals surface area contributed by atoms with Crippen LogP contribution >= 0.6 is 11.3 Å². The third-order valence-electron chi connectivity index (χ3n) is 9.40. The van der Waals surface area contributed by atoms with E-state index >= 15 is 0 Å². The topological polar surface area (TPSA) is 51.6 Å². The molecule has 228 valence electrons. The lowest BCUT2D eigenvalue weighted by molar-refractivity contribution is 1.07. The maximum absolute atomic E-state index is 5.08. The molecule has 0 aliphatic heterocycles. The summed E-state index contributed by atoms with van der Waals surface area (Å²) in [5.41, 5.74) is 4.99. The van der Waals surface area contributed by atoms with Crippen molar-refractivity contribution in [3.05, 3.63) is 158 Å². The molecule has 0 saturated heterocycles. The van der Waals surface area contributed by atoms with Gasteiger partial charge in [0.05, 0.1) is 0 Å². The van der Waals surface area contributed by atoms with Gasteiger partial charge < -0.3 is 0 Å². The summed E-state index contributed by atoms with van der Waals surface area (Å²) in [5.74, 6) is 1.93. The molecule has 10 aromatic rings. The van der Waals surface area contributed by atoms with E-state index in [-0.39, 0.29) is 0 Å². The Kier molecular flexibility index (Phi) is 6.32. The quantitative estimate of drug-likeness (QED) is 0.179. The van der Waals surface area contributed by atoms with Crippen LogP contribution in [-0.4, -0.2) is 19.9 Å². The second-order valence-corrected chi connectivity index (χ2v) is 13.4. The van der Waals surface area contributed by atoms with Crippen LogP contribution < -0.4 is 0 Å². The van der Waals surface area contributed by atoms with Gasteiger partial charge in [-0.15, -0.1) is 11.3 Å². The molecule has 3 heterocycles. The number of hydrogen-bond acceptors (Lipinski definition) is 5. The van der Waals surface area contributed by atoms with Gasteiger partial charge in [-0.05, 0) is 73.8 Å². The number of fused-ring (bicyclic) bond motifs is 9. The normalized spacial score (nSPS) is 11.7. The van der Waals surface area contributed by atoms with Gasteiger partial charge in [0.2, 0.25) is 0 Å². The molecular formula is C44H26N4S. The van der Waals surface area contributed by atoms with Crippen LogP contribution in [0.4, 0.5) is 0 Å². The fourth-order valence-electron chi connectivity index (χ4n) is 7.01. The summed E-state index contributed by atoms with van der Waals surface area (Å²) in [6, 6.07) is 51.4. The second-order valence-electron chi connectivity index (χ2n) is 12.3. The maximum atomic E-state index is 5.08. The van der Waals surface area contributed by atoms with Crippen molar-refractivity contribution in [3.8, 4) is 45.3 Å². The van der Waals surface area contributed by atoms with Crippen molar-refractivity contribution in [2.75, 3.05) is 0 Å². The highest BCUT2D eigenvalue weighted by Crippen LogP contribution is 2.42. The van der Waals surface area contributed by atoms with Crippen molar-refractivity contribution in [3.63, 3.8) is 0 Å². The van der Waals surface area contributed by atoms with Crippen molar-refractivity contribution in [1.82, 2.24) is 19.9 Å². The van der Waals surface area contributed by atoms with E-state index in [1.165, 1.54) is 52.5 Å². The van der Waals surface area contributed by atoms with Crippen molar-refractivity contribution >= 4 is 63.8 Å². The van der Waals surface area contributed by atoms with Gasteiger partial charge >= 0.3 is 0 Å². The van der Waals surface area contributed by atoms with Crippen molar-refractivity contribution < 1.29 is 0 Å². The van der Waals surface area contributed by atoms with Crippen molar-refractivity contribution in [1.29, 1.82) is 0 Å². The van der Waals surface area contributed by atoms with Gasteiger partial charge in [0.1, 0.15) is 0 Å². The van der Waals surface area contributed by atoms with Crippen molar-refractivity contribution in [2.24, 2.45) is 0 Å². The van der Waals surface area contributed by atoms with Gasteiger partial charge in [0, 0.05) is 49.3 Å². The zero-order chi connectivity index (χ0) is 32.3. The highest BCUT2D eigenvalue weighted by Gasteiger charge is 2.16. The molecule has 0 spiro atoms. The Morgan fingerprint density at radius 2 is 0.878 bits per heavy atom. The summed E-state index contributed by atoms with van der Waals surface area (Å²) < 4.78 is 2.62. The van der Waals surface area contributed by atoms with E-state index in [0.717, 1.165) is 27.8 Å². The summed E-state index contributed by atoms with van der Waals surface area (Å²) in [5, 5.41) is 10.0. The monoisotopic (exact) mass is 642 g/mol. The lowest BCUT2D eigenvalue weighted by Crippen LogP contribution is -2.00. The van der Waals surface area contributed by atoms with Gasteiger partial charge in [-0.3, -0.25) is 4.98 Å². The van der Waals surface area contributed by atoms with Crippen molar-refractivity contribution in [2.45, 2.75) is 0 Å². The molecule has 0 saturated carbocycles. The average molecular weight is 643 g/mol. The molecule has 10 rings (SSSR count). The Hall–Kier alpha value is -6.30. The molecular weight excluding hydrogens is 617 g/mol. The summed E-state index contributed by atoms with van der Waals surface area (Å²) in [7, 11) is 0. The third kappa shape index (κ3) is 4.66. The number of benzene rings is 7. The van der Waals surface area contributed by atoms with Crippen LogP contribution in [0.2, 0.25) is 0 Å². The molecule has 0 N–H and O–H groups in total. The van der Waals surface area contributed by atoms with Crippen LogP contribution in [0, 0.1) is 0 Å². The van der Waals surface area contributed by atoms with Gasteiger partial charge in [0.15, 0.2) is 17.5 Å². The average Bonchev–Trinajstić information content (AvgIpc) is 3.55. The predicted molar refractivity (Wildman–Crippen MR) is 205 cm³/mol. The SMILES string of the molecule is c1ccc(-c2nc(-c3ccc(-c4cccnc4)cc3)nc(-c3ccc4c(c3)c3ccccc3c3cc5c(cc43)sc3ccccc35)n2)cc1. The first-order chi connectivity index (χ1) is 24.3. The van der Waals surface area contributed by atoms with Gasteiger partial charge in [-0.2, -0.15) is 0 Å². The molecule has 0 atom stereocenters. The summed E-state index contributed by atoms with van der Waals surface area (Å²) in [4.78, 5) is 19.4. The zero-order valence-corrected chi connectivity index (χ0v) is 27.0. The van der Waals surface area contributed by atoms with Crippen LogP contribution in [0.25, 0.3) is 97.8 Å². The molecule has 4 nitrogen and oxygen atoms in total. The fourth-order valence-corrected chi connectivity index (χ4v) is 8.13. The number of aromatic nitrogens is 4. The molecule has 49 heavy (non-hydrogen) atoms. The third-order valence-corrected chi connectivity index (χ3v) is 10.5. The number of thiophene rings is 1. The Balaban J connectivity index is 1.18. The van der Waals surface area contributed by atoms with E-state index in [4.69, 9.17) is 15.0 Å². The lowest BCUT2D eigenvalue weighted by atomic mass is 9.92. The predicted octanol–water partition coefficient (Wildman–Crippen LogP) is 11.8. The number of nitrogens with zero attached hydrogens (tertiary/aromatic N) is 4. The van der Waals surface area contributed by atoms with E-state index in [9.17, 15) is 0 Å². The fraction of sp³-hybridized carbons (Fsp3) is 0. The zero-order valence-electron chi connectivity index (χ0n) is 26.2. The summed E-state index contributed by atoms with van der Waals surface area (Å²) in [6.07, 6.45) is 3.67. The number of rotatable bonds is 4. The minimum Gasteiger partial charge on any atom is -0.264 e. The highest BCUT2D eigenvalue weighted by molar-refractivity contribution is 7.25. The lowest BCUT2D eigenvalue weighted by Gasteiger charge is -2.13. The van der Waals surface area contributed by atoms with E-state index in [0.29, 0.717) is 17.5 Å². The van der Waals surface area contributed by atoms with E-state index < -0.39 is 0 Å². The van der Waals surface area contributed by atoms with Crippen LogP contribution in [0.1, 0.15) is 0 Å². The summed E-state index contributed by atoms with van der Waals surface area (Å²) in [6.45, 7) is 0. The summed E-state index contributed by atoms with van der Waals surface area (Å²) >= 11 is 1.86. The molecule has 7 aromatic carbocycles. The standard InChI is InChI=1S/C44H26N4S/c1-2-9-28(10-3-1)42-46-43(29-18-16-27(17-19-29)31-11-8-22-45-26-31)48-44(47-42)30-20-21-34-36(23-30)32-12-4-5-13-33(32)37-24-39-35-14-6-7-15-40(35)49-41(39)25-38(34)37/h1-26H. The largest absolute Gasteiger partial charge is 0.264 e. The minimum atomic E-state index is 0.636. The Morgan fingerprint density at radius 1 is 0.327 bits per heavy atom. The van der Waals surface area contributed by atoms with Crippen LogP contribution in [0.5, 0.6) is 0 Å². The first kappa shape index (κ1) is 27.8. The van der Waals surface area contributed by atoms with Crippen LogP contribution in [0.3, 0.4) is 0 Å². The number of pyridine rings is 1. The molecule has 0 fully saturated rings. The van der Waals surface area contributed by atoms with Gasteiger partial charge in [-0.25, -0.2) is 15.0 Å². The minimum absolute atomic E-state index is 0.636. The van der Waals surface area contributed by atoms with Crippen LogP contribution in [0.15, 0.2) is 158 Å². The maximum Gasteiger partial charge on any atom is 0.164 e. The first-order valence-corrected chi connectivity index (χ1v) is 17.1. The Labute approximate surface area is 286 Å². The molecule has 0 bridgehead atoms. The number of hydrogen-bond donors (Lipinski definition) is 0. The highest BCUT2D eigenvalue weighted by atomic mass is 32.1. The van der Waals surface area contributed by atoms with Gasteiger partial charge in [-0.1, -0.05) is 115 Å². The molecule has 0 unspecified atom stereocenters. The molecule has 0 aliphatic carbocycles. The molecule has 5 heteroatoms. The Morgan fingerprint density at radius 3 is 1.61 bits per heavy atom. The second kappa shape index (κ2) is 11.2. The first-order valence-electron chi connectivity index (χ1n) is 16.3. The molecule has 0 radical (unpaired) electrons. The van der Waals surface area contributed by atoms with E-state index in [1.807, 2.05) is 53.9 Å². The Bertz CT molecular complexity index is 2860. The van der Waals surface area contributed by atoms with E-state index in [1.54, 1.807) is 6.20 Å². The smallest absolute Gasteiger partial charge is 0.164 e. The molecule has 0 aliphatic rings. The van der Waals surface area contributed by atoms with E-state index in [2.05, 4.69) is 114 Å². The van der Waals surface area contributed by atoms with Gasteiger partial charge in [0.25, 0.3) is 0 Å².